The Morgan fingerprint density at radius 3 is 2.84 bits per heavy atom. The highest BCUT2D eigenvalue weighted by Gasteiger charge is 2.15. The molecule has 1 heterocycles. The van der Waals surface area contributed by atoms with Crippen molar-refractivity contribution in [3.8, 4) is 0 Å². The molecule has 6 heteroatoms. The first-order valence-electron chi connectivity index (χ1n) is 9.19. The predicted octanol–water partition coefficient (Wildman–Crippen LogP) is 3.31. The van der Waals surface area contributed by atoms with Crippen molar-refractivity contribution >= 4 is 41.5 Å². The maximum absolute atomic E-state index is 11.9. The fourth-order valence-electron chi connectivity index (χ4n) is 3.57. The summed E-state index contributed by atoms with van der Waals surface area (Å²) >= 11 is 0. The van der Waals surface area contributed by atoms with Crippen LogP contribution in [0, 0.1) is 0 Å². The molecule has 3 N–H and O–H groups in total. The molecule has 1 aliphatic heterocycles. The minimum absolute atomic E-state index is 0. The van der Waals surface area contributed by atoms with E-state index < -0.39 is 0 Å². The third-order valence-corrected chi connectivity index (χ3v) is 4.91. The SMILES string of the molecule is I.NC(=NCCCN1CCCCCC1=O)Nc1ccc2c(c1)CCC2. The Hall–Kier alpha value is -1.31. The van der Waals surface area contributed by atoms with Gasteiger partial charge in [-0.1, -0.05) is 12.5 Å². The summed E-state index contributed by atoms with van der Waals surface area (Å²) in [5.41, 5.74) is 9.87. The van der Waals surface area contributed by atoms with Gasteiger partial charge in [0.05, 0.1) is 0 Å². The highest BCUT2D eigenvalue weighted by molar-refractivity contribution is 14.0. The van der Waals surface area contributed by atoms with Gasteiger partial charge in [-0.05, 0) is 61.8 Å². The van der Waals surface area contributed by atoms with Gasteiger partial charge in [-0.3, -0.25) is 9.79 Å². The maximum Gasteiger partial charge on any atom is 0.222 e. The van der Waals surface area contributed by atoms with Gasteiger partial charge in [0.2, 0.25) is 5.91 Å². The standard InChI is InChI=1S/C19H28N4O.HI/c20-19(22-17-10-9-15-6-4-7-16(15)14-17)21-11-5-13-23-12-3-1-2-8-18(23)24;/h9-10,14H,1-8,11-13H2,(H3,20,21,22);1H. The molecule has 0 spiro atoms. The van der Waals surface area contributed by atoms with Crippen LogP contribution in [0.5, 0.6) is 0 Å². The van der Waals surface area contributed by atoms with Crippen LogP contribution < -0.4 is 11.1 Å². The molecule has 3 rings (SSSR count). The first-order chi connectivity index (χ1) is 11.7. The number of benzene rings is 1. The van der Waals surface area contributed by atoms with Crippen LogP contribution in [0.15, 0.2) is 23.2 Å². The quantitative estimate of drug-likeness (QED) is 0.309. The topological polar surface area (TPSA) is 70.7 Å². The summed E-state index contributed by atoms with van der Waals surface area (Å²) in [4.78, 5) is 18.3. The summed E-state index contributed by atoms with van der Waals surface area (Å²) in [6.45, 7) is 2.33. The average molecular weight is 456 g/mol. The van der Waals surface area contributed by atoms with Gasteiger partial charge < -0.3 is 16.0 Å². The second-order valence-electron chi connectivity index (χ2n) is 6.77. The fraction of sp³-hybridized carbons (Fsp3) is 0.579. The van der Waals surface area contributed by atoms with Crippen molar-refractivity contribution in [3.05, 3.63) is 29.3 Å². The molecule has 0 bridgehead atoms. The van der Waals surface area contributed by atoms with Gasteiger partial charge in [-0.25, -0.2) is 0 Å². The highest BCUT2D eigenvalue weighted by atomic mass is 127. The summed E-state index contributed by atoms with van der Waals surface area (Å²) in [5.74, 6) is 0.746. The van der Waals surface area contributed by atoms with Crippen molar-refractivity contribution in [1.82, 2.24) is 4.90 Å². The summed E-state index contributed by atoms with van der Waals surface area (Å²) in [7, 11) is 0. The molecule has 1 saturated heterocycles. The van der Waals surface area contributed by atoms with Gasteiger partial charge in [-0.2, -0.15) is 0 Å². The van der Waals surface area contributed by atoms with E-state index in [4.69, 9.17) is 5.73 Å². The first-order valence-corrected chi connectivity index (χ1v) is 9.19. The molecule has 1 aliphatic carbocycles. The number of aryl methyl sites for hydroxylation is 2. The number of carbonyl (C=O) groups is 1. The van der Waals surface area contributed by atoms with Crippen LogP contribution >= 0.6 is 24.0 Å². The van der Waals surface area contributed by atoms with Gasteiger partial charge in [0, 0.05) is 31.7 Å². The lowest BCUT2D eigenvalue weighted by Crippen LogP contribution is -2.31. The number of nitrogens with zero attached hydrogens (tertiary/aromatic N) is 2. The van der Waals surface area contributed by atoms with Crippen LogP contribution in [0.3, 0.4) is 0 Å². The van der Waals surface area contributed by atoms with Crippen molar-refractivity contribution < 1.29 is 4.79 Å². The lowest BCUT2D eigenvalue weighted by atomic mass is 10.1. The van der Waals surface area contributed by atoms with Crippen molar-refractivity contribution in [2.24, 2.45) is 10.7 Å². The zero-order valence-corrected chi connectivity index (χ0v) is 17.1. The molecule has 2 aliphatic rings. The molecule has 1 aromatic rings. The van der Waals surface area contributed by atoms with Crippen molar-refractivity contribution in [2.75, 3.05) is 25.0 Å². The third-order valence-electron chi connectivity index (χ3n) is 4.91. The molecular formula is C19H29IN4O. The van der Waals surface area contributed by atoms with E-state index in [1.54, 1.807) is 0 Å². The minimum atomic E-state index is 0. The number of aliphatic imine (C=N–C) groups is 1. The van der Waals surface area contributed by atoms with Gasteiger partial charge in [-0.15, -0.1) is 24.0 Å². The Labute approximate surface area is 167 Å². The Morgan fingerprint density at radius 1 is 1.12 bits per heavy atom. The molecular weight excluding hydrogens is 427 g/mol. The number of nitrogens with one attached hydrogen (secondary N) is 1. The van der Waals surface area contributed by atoms with E-state index in [-0.39, 0.29) is 24.0 Å². The average Bonchev–Trinajstić information content (AvgIpc) is 2.94. The third kappa shape index (κ3) is 5.87. The Balaban J connectivity index is 0.00000225. The smallest absolute Gasteiger partial charge is 0.222 e. The van der Waals surface area contributed by atoms with E-state index >= 15 is 0 Å². The van der Waals surface area contributed by atoms with Crippen LogP contribution in [0.2, 0.25) is 0 Å². The second kappa shape index (κ2) is 9.99. The van der Waals surface area contributed by atoms with Crippen LogP contribution in [0.25, 0.3) is 0 Å². The number of rotatable bonds is 5. The number of fused-ring (bicyclic) bond motifs is 1. The number of amides is 1. The monoisotopic (exact) mass is 456 g/mol. The van der Waals surface area contributed by atoms with Crippen molar-refractivity contribution in [2.45, 2.75) is 51.4 Å². The molecule has 25 heavy (non-hydrogen) atoms. The molecule has 0 radical (unpaired) electrons. The molecule has 0 aromatic heterocycles. The maximum atomic E-state index is 11.9. The Bertz CT molecular complexity index is 617. The number of carbonyl (C=O) groups excluding carboxylic acids is 1. The van der Waals surface area contributed by atoms with Gasteiger partial charge in [0.25, 0.3) is 0 Å². The van der Waals surface area contributed by atoms with Crippen LogP contribution in [0.4, 0.5) is 5.69 Å². The number of hydrogen-bond donors (Lipinski definition) is 2. The van der Waals surface area contributed by atoms with Crippen LogP contribution in [0.1, 0.15) is 49.7 Å². The number of anilines is 1. The number of nitrogens with two attached hydrogens (primary N) is 1. The summed E-state index contributed by atoms with van der Waals surface area (Å²) in [5, 5.41) is 3.18. The largest absolute Gasteiger partial charge is 0.370 e. The molecule has 1 aromatic carbocycles. The lowest BCUT2D eigenvalue weighted by Gasteiger charge is -2.19. The highest BCUT2D eigenvalue weighted by Crippen LogP contribution is 2.24. The molecule has 138 valence electrons. The zero-order chi connectivity index (χ0) is 16.8. The zero-order valence-electron chi connectivity index (χ0n) is 14.8. The van der Waals surface area contributed by atoms with Gasteiger partial charge >= 0.3 is 0 Å². The summed E-state index contributed by atoms with van der Waals surface area (Å²) in [6.07, 6.45) is 8.47. The molecule has 1 amide bonds. The number of hydrogen-bond acceptors (Lipinski definition) is 2. The number of likely N-dealkylation sites (tertiary alicyclic amines) is 1. The molecule has 0 saturated carbocycles. The predicted molar refractivity (Wildman–Crippen MR) is 114 cm³/mol. The summed E-state index contributed by atoms with van der Waals surface area (Å²) in [6, 6.07) is 6.44. The minimum Gasteiger partial charge on any atom is -0.370 e. The Morgan fingerprint density at radius 2 is 1.96 bits per heavy atom. The van der Waals surface area contributed by atoms with E-state index in [0.29, 0.717) is 24.8 Å². The summed E-state index contributed by atoms with van der Waals surface area (Å²) < 4.78 is 0. The molecule has 0 atom stereocenters. The molecule has 1 fully saturated rings. The van der Waals surface area contributed by atoms with E-state index in [9.17, 15) is 4.79 Å². The van der Waals surface area contributed by atoms with Crippen molar-refractivity contribution in [3.63, 3.8) is 0 Å². The van der Waals surface area contributed by atoms with E-state index in [2.05, 4.69) is 28.5 Å². The van der Waals surface area contributed by atoms with E-state index in [1.165, 1.54) is 24.0 Å². The van der Waals surface area contributed by atoms with Gasteiger partial charge in [0.15, 0.2) is 5.96 Å². The second-order valence-corrected chi connectivity index (χ2v) is 6.77. The van der Waals surface area contributed by atoms with Crippen LogP contribution in [-0.2, 0) is 17.6 Å². The Kier molecular flexibility index (Phi) is 7.99. The molecule has 0 unspecified atom stereocenters. The molecule has 5 nitrogen and oxygen atoms in total. The number of guanidine groups is 1. The van der Waals surface area contributed by atoms with E-state index in [0.717, 1.165) is 50.9 Å². The fourth-order valence-corrected chi connectivity index (χ4v) is 3.57. The van der Waals surface area contributed by atoms with Gasteiger partial charge in [0.1, 0.15) is 0 Å². The first kappa shape index (κ1) is 20.0. The normalized spacial score (nSPS) is 17.7. The number of halogens is 1. The lowest BCUT2D eigenvalue weighted by molar-refractivity contribution is -0.130. The van der Waals surface area contributed by atoms with E-state index in [1.807, 2.05) is 4.90 Å². The van der Waals surface area contributed by atoms with Crippen molar-refractivity contribution in [1.29, 1.82) is 0 Å². The van der Waals surface area contributed by atoms with Crippen LogP contribution in [-0.4, -0.2) is 36.4 Å².